The summed E-state index contributed by atoms with van der Waals surface area (Å²) in [6.07, 6.45) is 62.5. The summed E-state index contributed by atoms with van der Waals surface area (Å²) in [4.78, 5) is 26.6. The molecule has 1 heterocycles. The number of aliphatic hydroxyl groups is 5. The summed E-state index contributed by atoms with van der Waals surface area (Å²) in [6.45, 7) is 5.66. The van der Waals surface area contributed by atoms with Crippen LogP contribution in [0.2, 0.25) is 0 Å². The number of unbranched alkanes of at least 4 members (excludes halogenated alkanes) is 32. The predicted octanol–water partition coefficient (Wildman–Crippen LogP) is 16.3. The van der Waals surface area contributed by atoms with E-state index < -0.39 is 67.4 Å². The molecular weight excluding hydrogens is 1000 g/mol. The van der Waals surface area contributed by atoms with Gasteiger partial charge in [-0.15, -0.1) is 0 Å². The van der Waals surface area contributed by atoms with E-state index in [0.717, 1.165) is 77.0 Å². The van der Waals surface area contributed by atoms with Crippen LogP contribution < -0.4 is 5.32 Å². The number of hydrogen-bond donors (Lipinski definition) is 6. The van der Waals surface area contributed by atoms with Crippen molar-refractivity contribution in [2.45, 2.75) is 339 Å². The fraction of sp³-hybridized carbons (Fsp3) is 0.797. The number of nitrogens with one attached hydrogen (secondary N) is 1. The highest BCUT2D eigenvalue weighted by molar-refractivity contribution is 5.80. The van der Waals surface area contributed by atoms with Crippen molar-refractivity contribution in [1.82, 2.24) is 5.32 Å². The summed E-state index contributed by atoms with van der Waals surface area (Å²) in [5.41, 5.74) is 0. The van der Waals surface area contributed by atoms with Gasteiger partial charge in [0.25, 0.3) is 0 Å². The summed E-state index contributed by atoms with van der Waals surface area (Å²) in [5.74, 6) is -1.25. The van der Waals surface area contributed by atoms with Crippen LogP contribution in [0.3, 0.4) is 0 Å². The number of aliphatic hydroxyl groups excluding tert-OH is 5. The van der Waals surface area contributed by atoms with Gasteiger partial charge in [0.1, 0.15) is 24.4 Å². The highest BCUT2D eigenvalue weighted by Gasteiger charge is 2.47. The van der Waals surface area contributed by atoms with E-state index in [9.17, 15) is 35.1 Å². The third-order valence-electron chi connectivity index (χ3n) is 15.4. The van der Waals surface area contributed by atoms with Crippen molar-refractivity contribution >= 4 is 11.9 Å². The van der Waals surface area contributed by atoms with E-state index in [1.54, 1.807) is 6.08 Å². The first-order chi connectivity index (χ1) is 39.2. The van der Waals surface area contributed by atoms with E-state index in [4.69, 9.17) is 14.2 Å². The second-order valence-corrected chi connectivity index (χ2v) is 22.8. The first-order valence-corrected chi connectivity index (χ1v) is 33.2. The fourth-order valence-corrected chi connectivity index (χ4v) is 10.2. The Morgan fingerprint density at radius 1 is 0.500 bits per heavy atom. The zero-order valence-electron chi connectivity index (χ0n) is 51.4. The Morgan fingerprint density at radius 2 is 0.900 bits per heavy atom. The molecule has 0 bridgehead atoms. The van der Waals surface area contributed by atoms with Gasteiger partial charge in [-0.25, -0.2) is 0 Å². The second kappa shape index (κ2) is 56.6. The van der Waals surface area contributed by atoms with E-state index >= 15 is 0 Å². The molecule has 0 aromatic carbocycles. The lowest BCUT2D eigenvalue weighted by Gasteiger charge is -2.41. The van der Waals surface area contributed by atoms with Crippen LogP contribution in [0, 0.1) is 0 Å². The molecule has 8 unspecified atom stereocenters. The highest BCUT2D eigenvalue weighted by atomic mass is 16.7. The highest BCUT2D eigenvalue weighted by Crippen LogP contribution is 2.26. The normalized spacial score (nSPS) is 19.2. The van der Waals surface area contributed by atoms with E-state index in [2.05, 4.69) is 74.7 Å². The van der Waals surface area contributed by atoms with Gasteiger partial charge in [0.2, 0.25) is 5.91 Å². The van der Waals surface area contributed by atoms with Gasteiger partial charge in [-0.05, 0) is 64.2 Å². The van der Waals surface area contributed by atoms with Gasteiger partial charge < -0.3 is 45.1 Å². The van der Waals surface area contributed by atoms with Crippen molar-refractivity contribution in [3.63, 3.8) is 0 Å². The van der Waals surface area contributed by atoms with Crippen molar-refractivity contribution in [2.24, 2.45) is 0 Å². The molecule has 1 rings (SSSR count). The lowest BCUT2D eigenvalue weighted by molar-refractivity contribution is -0.305. The fourth-order valence-electron chi connectivity index (χ4n) is 10.2. The van der Waals surface area contributed by atoms with Gasteiger partial charge in [-0.3, -0.25) is 9.59 Å². The van der Waals surface area contributed by atoms with Crippen molar-refractivity contribution in [1.29, 1.82) is 0 Å². The van der Waals surface area contributed by atoms with Crippen LogP contribution >= 0.6 is 0 Å². The maximum absolute atomic E-state index is 13.4. The average molecular weight is 1130 g/mol. The Bertz CT molecular complexity index is 1580. The van der Waals surface area contributed by atoms with Gasteiger partial charge >= 0.3 is 5.97 Å². The lowest BCUT2D eigenvalue weighted by atomic mass is 9.99. The molecule has 11 heteroatoms. The maximum atomic E-state index is 13.4. The minimum atomic E-state index is -1.62. The Kier molecular flexibility index (Phi) is 53.1. The van der Waals surface area contributed by atoms with Crippen molar-refractivity contribution in [3.8, 4) is 0 Å². The molecule has 11 nitrogen and oxygen atoms in total. The SMILES string of the molecule is CC/C=C\C/C=C\C/C=C\C/C=C\C/C=C\CCC(O)C(=O)NC(COC1OC(CO)C(O)C(O)C1OC(=O)CCCCCCCCCCCCCCCCCCCCCCCCC)C(O)/C=C/CCCCCCCCCCCC. The van der Waals surface area contributed by atoms with Crippen LogP contribution in [0.5, 0.6) is 0 Å². The molecule has 8 atom stereocenters. The summed E-state index contributed by atoms with van der Waals surface area (Å²) >= 11 is 0. The number of esters is 1. The number of rotatable bonds is 56. The first kappa shape index (κ1) is 75.1. The molecule has 0 aromatic heterocycles. The number of hydrogen-bond acceptors (Lipinski definition) is 10. The Morgan fingerprint density at radius 3 is 1.32 bits per heavy atom. The van der Waals surface area contributed by atoms with E-state index in [1.165, 1.54) is 167 Å². The molecule has 1 aliphatic heterocycles. The van der Waals surface area contributed by atoms with Crippen LogP contribution in [0.25, 0.3) is 0 Å². The molecule has 0 aromatic rings. The zero-order chi connectivity index (χ0) is 58.2. The molecule has 0 spiro atoms. The minimum absolute atomic E-state index is 0.118. The monoisotopic (exact) mass is 1130 g/mol. The first-order valence-electron chi connectivity index (χ1n) is 33.2. The smallest absolute Gasteiger partial charge is 0.306 e. The summed E-state index contributed by atoms with van der Waals surface area (Å²) in [6, 6.07) is -1.06. The molecule has 0 radical (unpaired) electrons. The molecule has 1 aliphatic rings. The molecule has 1 fully saturated rings. The standard InChI is InChI=1S/C69H123NO10/c1-4-7-10-13-16-19-22-25-27-29-30-31-32-33-34-35-37-39-42-45-48-51-54-57-64(74)80-67-66(76)65(75)63(58-71)79-69(67)78-59-60(61(72)55-52-49-46-43-40-24-21-18-15-12-9-6-3)70-68(77)62(73)56-53-50-47-44-41-38-36-28-26-23-20-17-14-11-8-5-2/h8,11,17,20,26,28,38,41,47,50,52,55,60-63,65-67,69,71-73,75-76H,4-7,9-10,12-16,18-19,21-25,27,29-37,39-40,42-46,48-49,51,53-54,56-59H2,1-3H3,(H,70,77)/b11-8-,20-17-,28-26-,41-38-,50-47-,55-52+. The molecule has 6 N–H and O–H groups in total. The van der Waals surface area contributed by atoms with Crippen molar-refractivity contribution in [2.75, 3.05) is 13.2 Å². The topological polar surface area (TPSA) is 175 Å². The summed E-state index contributed by atoms with van der Waals surface area (Å²) in [5, 5.41) is 57.0. The molecule has 1 amide bonds. The van der Waals surface area contributed by atoms with Crippen LogP contribution in [-0.4, -0.2) is 99.6 Å². The Labute approximate surface area is 490 Å². The van der Waals surface area contributed by atoms with Crippen LogP contribution in [0.4, 0.5) is 0 Å². The summed E-state index contributed by atoms with van der Waals surface area (Å²) < 4.78 is 17.6. The van der Waals surface area contributed by atoms with Gasteiger partial charge in [-0.2, -0.15) is 0 Å². The molecule has 0 saturated carbocycles. The number of ether oxygens (including phenoxy) is 3. The number of carbonyl (C=O) groups is 2. The second-order valence-electron chi connectivity index (χ2n) is 22.8. The number of carbonyl (C=O) groups excluding carboxylic acids is 2. The Balaban J connectivity index is 2.63. The molecule has 1 saturated heterocycles. The average Bonchev–Trinajstić information content (AvgIpc) is 3.46. The molecule has 0 aliphatic carbocycles. The largest absolute Gasteiger partial charge is 0.454 e. The van der Waals surface area contributed by atoms with E-state index in [1.807, 2.05) is 18.2 Å². The van der Waals surface area contributed by atoms with Crippen LogP contribution in [0.15, 0.2) is 72.9 Å². The number of amides is 1. The summed E-state index contributed by atoms with van der Waals surface area (Å²) in [7, 11) is 0. The van der Waals surface area contributed by atoms with Gasteiger partial charge in [-0.1, -0.05) is 293 Å². The molecule has 464 valence electrons. The van der Waals surface area contributed by atoms with E-state index in [0.29, 0.717) is 12.8 Å². The van der Waals surface area contributed by atoms with E-state index in [-0.39, 0.29) is 19.4 Å². The van der Waals surface area contributed by atoms with Crippen LogP contribution in [0.1, 0.15) is 290 Å². The molecular formula is C69H123NO10. The van der Waals surface area contributed by atoms with Crippen molar-refractivity contribution < 1.29 is 49.3 Å². The Hall–Kier alpha value is -2.90. The quantitative estimate of drug-likeness (QED) is 0.0195. The van der Waals surface area contributed by atoms with Crippen molar-refractivity contribution in [3.05, 3.63) is 72.9 Å². The van der Waals surface area contributed by atoms with Gasteiger partial charge in [0.05, 0.1) is 25.4 Å². The third kappa shape index (κ3) is 43.7. The lowest BCUT2D eigenvalue weighted by Crippen LogP contribution is -2.61. The molecule has 80 heavy (non-hydrogen) atoms. The maximum Gasteiger partial charge on any atom is 0.306 e. The zero-order valence-corrected chi connectivity index (χ0v) is 51.4. The third-order valence-corrected chi connectivity index (χ3v) is 15.4. The number of allylic oxidation sites excluding steroid dienone is 11. The minimum Gasteiger partial charge on any atom is -0.454 e. The van der Waals surface area contributed by atoms with Gasteiger partial charge in [0, 0.05) is 6.42 Å². The van der Waals surface area contributed by atoms with Gasteiger partial charge in [0.15, 0.2) is 12.4 Å². The van der Waals surface area contributed by atoms with Crippen LogP contribution in [-0.2, 0) is 23.8 Å². The predicted molar refractivity (Wildman–Crippen MR) is 333 cm³/mol.